The van der Waals surface area contributed by atoms with E-state index in [1.54, 1.807) is 0 Å². The van der Waals surface area contributed by atoms with Gasteiger partial charge in [-0.2, -0.15) is 0 Å². The van der Waals surface area contributed by atoms with Crippen molar-refractivity contribution in [3.8, 4) is 0 Å². The van der Waals surface area contributed by atoms with Crippen LogP contribution in [0.4, 0.5) is 0 Å². The number of rotatable bonds is 0. The van der Waals surface area contributed by atoms with Crippen LogP contribution in [0, 0.1) is 11.8 Å². The van der Waals surface area contributed by atoms with Crippen LogP contribution >= 0.6 is 35.6 Å². The van der Waals surface area contributed by atoms with Gasteiger partial charge in [0.25, 0.3) is 0 Å². The van der Waals surface area contributed by atoms with Gasteiger partial charge in [-0.1, -0.05) is 0 Å². The number of nitrogens with one attached hydrogen (secondary N) is 1. The van der Waals surface area contributed by atoms with Crippen LogP contribution in [0.3, 0.4) is 0 Å². The van der Waals surface area contributed by atoms with Gasteiger partial charge in [-0.3, -0.25) is 0 Å². The molecular weight excluding hydrogens is 192 g/mol. The summed E-state index contributed by atoms with van der Waals surface area (Å²) in [5, 5.41) is 3.31. The lowest BCUT2D eigenvalue weighted by Crippen LogP contribution is -2.27. The predicted octanol–water partition coefficient (Wildman–Crippen LogP) is 1.82. The molecule has 10 heavy (non-hydrogen) atoms. The van der Waals surface area contributed by atoms with Gasteiger partial charge in [0.1, 0.15) is 4.33 Å². The molecule has 1 aliphatic carbocycles. The molecule has 2 aliphatic rings. The van der Waals surface area contributed by atoms with E-state index in [0.717, 1.165) is 6.54 Å². The first-order chi connectivity index (χ1) is 4.14. The van der Waals surface area contributed by atoms with Crippen molar-refractivity contribution in [2.45, 2.75) is 17.3 Å². The first kappa shape index (κ1) is 8.92. The normalized spacial score (nSPS) is 47.7. The number of hydrogen-bond acceptors (Lipinski definition) is 1. The second kappa shape index (κ2) is 2.41. The molecule has 1 N–H and O–H groups in total. The average molecular weight is 203 g/mol. The Labute approximate surface area is 76.9 Å². The molecule has 0 aromatic heterocycles. The van der Waals surface area contributed by atoms with Gasteiger partial charge in [-0.05, 0) is 6.92 Å². The predicted molar refractivity (Wildman–Crippen MR) is 46.1 cm³/mol. The Balaban J connectivity index is 0.000000500. The van der Waals surface area contributed by atoms with E-state index in [9.17, 15) is 0 Å². The Bertz CT molecular complexity index is 148. The Morgan fingerprint density at radius 1 is 1.50 bits per heavy atom. The lowest BCUT2D eigenvalue weighted by molar-refractivity contribution is 0.569. The topological polar surface area (TPSA) is 12.0 Å². The van der Waals surface area contributed by atoms with Gasteiger partial charge in [-0.25, -0.2) is 0 Å². The third-order valence-corrected chi connectivity index (χ3v) is 3.53. The molecule has 3 atom stereocenters. The van der Waals surface area contributed by atoms with Crippen molar-refractivity contribution in [2.24, 2.45) is 11.8 Å². The van der Waals surface area contributed by atoms with E-state index >= 15 is 0 Å². The molecule has 0 unspecified atom stereocenters. The molecule has 2 rings (SSSR count). The van der Waals surface area contributed by atoms with Crippen molar-refractivity contribution in [2.75, 3.05) is 6.54 Å². The second-order valence-electron chi connectivity index (χ2n) is 3.00. The highest BCUT2D eigenvalue weighted by Gasteiger charge is 2.67. The van der Waals surface area contributed by atoms with Crippen molar-refractivity contribution in [3.05, 3.63) is 0 Å². The molecule has 0 aromatic carbocycles. The Hall–Kier alpha value is 0.830. The minimum atomic E-state index is -0.384. The standard InChI is InChI=1S/C6H9Cl2N.ClH/c1-3-5-4(2-9-3)6(5,7)8;/h3-5,9H,2H2,1H3;1H/t3-,4+,5-;/m1./s1. The monoisotopic (exact) mass is 201 g/mol. The number of piperidine rings is 1. The molecule has 1 nitrogen and oxygen atoms in total. The summed E-state index contributed by atoms with van der Waals surface area (Å²) in [6, 6.07) is 0.519. The van der Waals surface area contributed by atoms with Crippen LogP contribution in [0.15, 0.2) is 0 Å². The smallest absolute Gasteiger partial charge is 0.127 e. The van der Waals surface area contributed by atoms with Crippen LogP contribution in [0.1, 0.15) is 6.92 Å². The van der Waals surface area contributed by atoms with Gasteiger partial charge in [0, 0.05) is 24.4 Å². The molecule has 0 bridgehead atoms. The molecule has 0 spiro atoms. The zero-order valence-corrected chi connectivity index (χ0v) is 7.93. The minimum absolute atomic E-state index is 0. The van der Waals surface area contributed by atoms with Gasteiger partial charge >= 0.3 is 0 Å². The van der Waals surface area contributed by atoms with Gasteiger partial charge in [0.05, 0.1) is 0 Å². The van der Waals surface area contributed by atoms with Crippen LogP contribution in [-0.2, 0) is 0 Å². The maximum Gasteiger partial charge on any atom is 0.127 e. The van der Waals surface area contributed by atoms with Crippen LogP contribution in [0.25, 0.3) is 0 Å². The fourth-order valence-corrected chi connectivity index (χ4v) is 2.78. The van der Waals surface area contributed by atoms with Gasteiger partial charge < -0.3 is 5.32 Å². The Morgan fingerprint density at radius 2 is 2.10 bits per heavy atom. The van der Waals surface area contributed by atoms with Gasteiger partial charge in [-0.15, -0.1) is 35.6 Å². The molecule has 1 heterocycles. The summed E-state index contributed by atoms with van der Waals surface area (Å²) in [5.74, 6) is 1.04. The second-order valence-corrected chi connectivity index (χ2v) is 4.45. The van der Waals surface area contributed by atoms with Gasteiger partial charge in [0.2, 0.25) is 0 Å². The highest BCUT2D eigenvalue weighted by molar-refractivity contribution is 6.51. The summed E-state index contributed by atoms with van der Waals surface area (Å²) in [6.45, 7) is 3.13. The number of alkyl halides is 2. The molecule has 1 aliphatic heterocycles. The van der Waals surface area contributed by atoms with E-state index in [0.29, 0.717) is 17.9 Å². The van der Waals surface area contributed by atoms with E-state index in [1.165, 1.54) is 0 Å². The first-order valence-electron chi connectivity index (χ1n) is 3.25. The number of fused-ring (bicyclic) bond motifs is 1. The summed E-state index contributed by atoms with van der Waals surface area (Å²) in [7, 11) is 0. The summed E-state index contributed by atoms with van der Waals surface area (Å²) in [5.41, 5.74) is 0. The highest BCUT2D eigenvalue weighted by Crippen LogP contribution is 2.62. The molecule has 1 saturated heterocycles. The van der Waals surface area contributed by atoms with E-state index < -0.39 is 0 Å². The maximum absolute atomic E-state index is 5.93. The third-order valence-electron chi connectivity index (χ3n) is 2.46. The molecule has 4 heteroatoms. The molecule has 2 fully saturated rings. The Morgan fingerprint density at radius 3 is 2.30 bits per heavy atom. The van der Waals surface area contributed by atoms with Gasteiger partial charge in [0.15, 0.2) is 0 Å². The quantitative estimate of drug-likeness (QED) is 0.591. The van der Waals surface area contributed by atoms with Crippen molar-refractivity contribution in [1.29, 1.82) is 0 Å². The fourth-order valence-electron chi connectivity index (χ4n) is 1.80. The van der Waals surface area contributed by atoms with Crippen LogP contribution in [0.2, 0.25) is 0 Å². The summed E-state index contributed by atoms with van der Waals surface area (Å²) in [6.07, 6.45) is 0. The van der Waals surface area contributed by atoms with Crippen molar-refractivity contribution in [3.63, 3.8) is 0 Å². The van der Waals surface area contributed by atoms with Crippen molar-refractivity contribution in [1.82, 2.24) is 5.32 Å². The first-order valence-corrected chi connectivity index (χ1v) is 4.01. The summed E-state index contributed by atoms with van der Waals surface area (Å²) in [4.78, 5) is 0. The number of halogens is 3. The average Bonchev–Trinajstić information content (AvgIpc) is 2.19. The molecule has 0 radical (unpaired) electrons. The largest absolute Gasteiger partial charge is 0.313 e. The summed E-state index contributed by atoms with van der Waals surface area (Å²) < 4.78 is -0.384. The van der Waals surface area contributed by atoms with Crippen LogP contribution in [0.5, 0.6) is 0 Å². The van der Waals surface area contributed by atoms with E-state index in [4.69, 9.17) is 23.2 Å². The van der Waals surface area contributed by atoms with E-state index in [1.807, 2.05) is 0 Å². The molecule has 0 aromatic rings. The van der Waals surface area contributed by atoms with Crippen molar-refractivity contribution >= 4 is 35.6 Å². The zero-order chi connectivity index (χ0) is 6.65. The van der Waals surface area contributed by atoms with E-state index in [-0.39, 0.29) is 16.7 Å². The molecular formula is C6H10Cl3N. The zero-order valence-electron chi connectivity index (χ0n) is 5.60. The summed E-state index contributed by atoms with van der Waals surface area (Å²) >= 11 is 11.9. The molecule has 1 saturated carbocycles. The van der Waals surface area contributed by atoms with Crippen LogP contribution in [-0.4, -0.2) is 16.9 Å². The molecule has 60 valence electrons. The lowest BCUT2D eigenvalue weighted by Gasteiger charge is -2.10. The number of hydrogen-bond donors (Lipinski definition) is 1. The van der Waals surface area contributed by atoms with E-state index in [2.05, 4.69) is 12.2 Å². The lowest BCUT2D eigenvalue weighted by atomic mass is 10.2. The third kappa shape index (κ3) is 0.953. The van der Waals surface area contributed by atoms with Crippen LogP contribution < -0.4 is 5.32 Å². The minimum Gasteiger partial charge on any atom is -0.313 e. The van der Waals surface area contributed by atoms with Crippen molar-refractivity contribution < 1.29 is 0 Å². The molecule has 0 amide bonds. The SMILES string of the molecule is C[C@H]1NC[C@H]2[C@@H]1C2(Cl)Cl.Cl. The Kier molecular flexibility index (Phi) is 2.15. The maximum atomic E-state index is 5.93. The highest BCUT2D eigenvalue weighted by atomic mass is 35.5. The fraction of sp³-hybridized carbons (Fsp3) is 1.00.